The SMILES string of the molecule is O=c1oc2c(c(N(Cc3ccccc3)Cc3ccccc3)c1-c1ccccc1)CC(c1ccccc1)CC2. The minimum atomic E-state index is -0.255. The average Bonchev–Trinajstić information content (AvgIpc) is 2.98. The first kappa shape index (κ1) is 24.0. The zero-order chi connectivity index (χ0) is 25.7. The zero-order valence-electron chi connectivity index (χ0n) is 21.4. The molecule has 0 amide bonds. The molecule has 1 aliphatic carbocycles. The van der Waals surface area contributed by atoms with Crippen LogP contribution in [0.2, 0.25) is 0 Å². The largest absolute Gasteiger partial charge is 0.427 e. The molecule has 0 aliphatic heterocycles. The van der Waals surface area contributed by atoms with Gasteiger partial charge in [-0.2, -0.15) is 0 Å². The summed E-state index contributed by atoms with van der Waals surface area (Å²) in [5.74, 6) is 1.22. The number of aryl methyl sites for hydroxylation is 1. The molecule has 1 aliphatic rings. The number of hydrogen-bond donors (Lipinski definition) is 0. The molecular weight excluding hydrogens is 466 g/mol. The van der Waals surface area contributed by atoms with Crippen molar-refractivity contribution in [2.75, 3.05) is 4.90 Å². The molecule has 0 saturated carbocycles. The van der Waals surface area contributed by atoms with E-state index >= 15 is 0 Å². The Labute approximate surface area is 224 Å². The topological polar surface area (TPSA) is 33.5 Å². The molecule has 38 heavy (non-hydrogen) atoms. The fourth-order valence-corrected chi connectivity index (χ4v) is 5.71. The van der Waals surface area contributed by atoms with Crippen LogP contribution in [0, 0.1) is 0 Å². The number of anilines is 1. The fourth-order valence-electron chi connectivity index (χ4n) is 5.71. The summed E-state index contributed by atoms with van der Waals surface area (Å²) in [5.41, 5.74) is 7.23. The van der Waals surface area contributed by atoms with Crippen molar-refractivity contribution in [3.8, 4) is 11.1 Å². The summed E-state index contributed by atoms with van der Waals surface area (Å²) in [7, 11) is 0. The van der Waals surface area contributed by atoms with Crippen LogP contribution in [0.3, 0.4) is 0 Å². The van der Waals surface area contributed by atoms with Gasteiger partial charge < -0.3 is 9.32 Å². The number of nitrogens with zero attached hydrogens (tertiary/aromatic N) is 1. The van der Waals surface area contributed by atoms with Crippen LogP contribution < -0.4 is 10.5 Å². The Morgan fingerprint density at radius 2 is 1.21 bits per heavy atom. The van der Waals surface area contributed by atoms with Crippen molar-refractivity contribution >= 4 is 5.69 Å². The molecule has 0 spiro atoms. The third-order valence-electron chi connectivity index (χ3n) is 7.53. The maximum atomic E-state index is 13.7. The molecule has 1 atom stereocenters. The van der Waals surface area contributed by atoms with Gasteiger partial charge in [0.25, 0.3) is 0 Å². The summed E-state index contributed by atoms with van der Waals surface area (Å²) in [6, 6.07) is 41.8. The molecule has 0 fully saturated rings. The van der Waals surface area contributed by atoms with Crippen molar-refractivity contribution in [1.82, 2.24) is 0 Å². The Morgan fingerprint density at radius 1 is 0.684 bits per heavy atom. The molecule has 3 nitrogen and oxygen atoms in total. The van der Waals surface area contributed by atoms with Gasteiger partial charge in [0.05, 0.1) is 11.3 Å². The van der Waals surface area contributed by atoms with Gasteiger partial charge in [0.1, 0.15) is 5.76 Å². The van der Waals surface area contributed by atoms with E-state index in [4.69, 9.17) is 4.42 Å². The summed E-state index contributed by atoms with van der Waals surface area (Å²) in [4.78, 5) is 16.1. The van der Waals surface area contributed by atoms with Gasteiger partial charge >= 0.3 is 5.63 Å². The molecular formula is C35H31NO2. The lowest BCUT2D eigenvalue weighted by atomic mass is 9.81. The van der Waals surface area contributed by atoms with E-state index in [1.54, 1.807) is 0 Å². The first-order valence-electron chi connectivity index (χ1n) is 13.4. The van der Waals surface area contributed by atoms with E-state index in [0.29, 0.717) is 24.6 Å². The van der Waals surface area contributed by atoms with Crippen molar-refractivity contribution in [1.29, 1.82) is 0 Å². The molecule has 5 aromatic rings. The number of fused-ring (bicyclic) bond motifs is 1. The van der Waals surface area contributed by atoms with Crippen molar-refractivity contribution < 1.29 is 4.42 Å². The zero-order valence-corrected chi connectivity index (χ0v) is 21.4. The highest BCUT2D eigenvalue weighted by molar-refractivity contribution is 5.81. The second kappa shape index (κ2) is 10.9. The van der Waals surface area contributed by atoms with E-state index in [-0.39, 0.29) is 5.63 Å². The highest BCUT2D eigenvalue weighted by atomic mass is 16.4. The van der Waals surface area contributed by atoms with Crippen molar-refractivity contribution in [2.45, 2.75) is 38.3 Å². The van der Waals surface area contributed by atoms with E-state index < -0.39 is 0 Å². The van der Waals surface area contributed by atoms with E-state index in [1.807, 2.05) is 42.5 Å². The molecule has 0 bridgehead atoms. The summed E-state index contributed by atoms with van der Waals surface area (Å²) in [6.45, 7) is 1.39. The first-order chi connectivity index (χ1) is 18.8. The van der Waals surface area contributed by atoms with Crippen LogP contribution in [-0.2, 0) is 25.9 Å². The average molecular weight is 498 g/mol. The highest BCUT2D eigenvalue weighted by Crippen LogP contribution is 2.42. The van der Waals surface area contributed by atoms with E-state index in [2.05, 4.69) is 83.8 Å². The van der Waals surface area contributed by atoms with Gasteiger partial charge in [-0.25, -0.2) is 4.79 Å². The molecule has 0 N–H and O–H groups in total. The van der Waals surface area contributed by atoms with Gasteiger partial charge in [-0.3, -0.25) is 0 Å². The van der Waals surface area contributed by atoms with Gasteiger partial charge in [-0.15, -0.1) is 0 Å². The van der Waals surface area contributed by atoms with Crippen molar-refractivity contribution in [2.24, 2.45) is 0 Å². The molecule has 1 unspecified atom stereocenters. The van der Waals surface area contributed by atoms with Crippen LogP contribution in [0.25, 0.3) is 11.1 Å². The predicted octanol–water partition coefficient (Wildman–Crippen LogP) is 7.79. The maximum absolute atomic E-state index is 13.7. The Bertz CT molecular complexity index is 1500. The second-order valence-corrected chi connectivity index (χ2v) is 10.1. The normalized spacial score (nSPS) is 14.6. The number of rotatable bonds is 7. The minimum Gasteiger partial charge on any atom is -0.427 e. The smallest absolute Gasteiger partial charge is 0.345 e. The highest BCUT2D eigenvalue weighted by Gasteiger charge is 2.30. The molecule has 4 aromatic carbocycles. The monoisotopic (exact) mass is 497 g/mol. The fraction of sp³-hybridized carbons (Fsp3) is 0.171. The number of benzene rings is 4. The lowest BCUT2D eigenvalue weighted by molar-refractivity contribution is 0.414. The van der Waals surface area contributed by atoms with Crippen LogP contribution in [-0.4, -0.2) is 0 Å². The van der Waals surface area contributed by atoms with Gasteiger partial charge in [0.15, 0.2) is 0 Å². The van der Waals surface area contributed by atoms with Crippen LogP contribution in [0.1, 0.15) is 40.4 Å². The molecule has 1 heterocycles. The van der Waals surface area contributed by atoms with Crippen LogP contribution in [0.15, 0.2) is 131 Å². The lowest BCUT2D eigenvalue weighted by Gasteiger charge is -2.33. The van der Waals surface area contributed by atoms with Gasteiger partial charge in [-0.1, -0.05) is 121 Å². The predicted molar refractivity (Wildman–Crippen MR) is 154 cm³/mol. The van der Waals surface area contributed by atoms with E-state index in [0.717, 1.165) is 41.8 Å². The summed E-state index contributed by atoms with van der Waals surface area (Å²) in [5, 5.41) is 0. The van der Waals surface area contributed by atoms with Gasteiger partial charge in [-0.05, 0) is 41.0 Å². The maximum Gasteiger partial charge on any atom is 0.345 e. The Hall–Kier alpha value is -4.37. The molecule has 188 valence electrons. The molecule has 6 rings (SSSR count). The quantitative estimate of drug-likeness (QED) is 0.230. The third-order valence-corrected chi connectivity index (χ3v) is 7.53. The van der Waals surface area contributed by atoms with E-state index in [1.165, 1.54) is 16.7 Å². The first-order valence-corrected chi connectivity index (χ1v) is 13.4. The Balaban J connectivity index is 1.55. The summed E-state index contributed by atoms with van der Waals surface area (Å²) < 4.78 is 6.08. The van der Waals surface area contributed by atoms with Crippen molar-refractivity contribution in [3.63, 3.8) is 0 Å². The van der Waals surface area contributed by atoms with Crippen LogP contribution in [0.5, 0.6) is 0 Å². The Morgan fingerprint density at radius 3 is 1.79 bits per heavy atom. The standard InChI is InChI=1S/C35H31NO2/c37-35-33(29-19-11-4-12-20-29)34(31-23-30(21-22-32(31)38-35)28-17-9-3-10-18-28)36(24-26-13-5-1-6-14-26)25-27-15-7-2-8-16-27/h1-20,30H,21-25H2. The van der Waals surface area contributed by atoms with Crippen molar-refractivity contribution in [3.05, 3.63) is 160 Å². The molecule has 3 heteroatoms. The minimum absolute atomic E-state index is 0.255. The molecule has 1 aromatic heterocycles. The summed E-state index contributed by atoms with van der Waals surface area (Å²) >= 11 is 0. The Kier molecular flexibility index (Phi) is 6.91. The second-order valence-electron chi connectivity index (χ2n) is 10.1. The molecule has 0 saturated heterocycles. The van der Waals surface area contributed by atoms with Crippen LogP contribution >= 0.6 is 0 Å². The summed E-state index contributed by atoms with van der Waals surface area (Å²) in [6.07, 6.45) is 2.58. The van der Waals surface area contributed by atoms with Gasteiger partial charge in [0.2, 0.25) is 0 Å². The van der Waals surface area contributed by atoms with Gasteiger partial charge in [0, 0.05) is 25.1 Å². The van der Waals surface area contributed by atoms with E-state index in [9.17, 15) is 4.79 Å². The molecule has 0 radical (unpaired) electrons. The number of hydrogen-bond acceptors (Lipinski definition) is 3. The third kappa shape index (κ3) is 5.05. The lowest BCUT2D eigenvalue weighted by Crippen LogP contribution is -2.29. The van der Waals surface area contributed by atoms with Crippen LogP contribution in [0.4, 0.5) is 5.69 Å².